The number of rotatable bonds is 6. The molecule has 0 aromatic rings. The van der Waals surface area contributed by atoms with Crippen molar-refractivity contribution in [2.45, 2.75) is 37.6 Å². The van der Waals surface area contributed by atoms with Crippen molar-refractivity contribution in [2.24, 2.45) is 0 Å². The standard InChI is InChI=1S/C15H18O6/c1-4-13(16)19-10-7-11(20-14(17)5-2)9-12(8-10)21-15(18)6-3/h4-6,10-12H,1-3,7-9H2. The summed E-state index contributed by atoms with van der Waals surface area (Å²) in [4.78, 5) is 33.8. The van der Waals surface area contributed by atoms with E-state index in [1.165, 1.54) is 0 Å². The first-order chi connectivity index (χ1) is 9.98. The Labute approximate surface area is 123 Å². The molecular weight excluding hydrogens is 276 g/mol. The second-order valence-electron chi connectivity index (χ2n) is 4.50. The number of carbonyl (C=O) groups is 3. The van der Waals surface area contributed by atoms with Crippen LogP contribution in [0.2, 0.25) is 0 Å². The molecular formula is C15H18O6. The molecule has 1 fully saturated rings. The Bertz CT molecular complexity index is 381. The van der Waals surface area contributed by atoms with E-state index in [1.54, 1.807) is 0 Å². The van der Waals surface area contributed by atoms with Gasteiger partial charge in [-0.25, -0.2) is 14.4 Å². The van der Waals surface area contributed by atoms with Gasteiger partial charge in [0.2, 0.25) is 0 Å². The first-order valence-corrected chi connectivity index (χ1v) is 6.47. The topological polar surface area (TPSA) is 78.9 Å². The molecule has 114 valence electrons. The van der Waals surface area contributed by atoms with Crippen molar-refractivity contribution in [1.29, 1.82) is 0 Å². The van der Waals surface area contributed by atoms with E-state index in [0.29, 0.717) is 19.3 Å². The lowest BCUT2D eigenvalue weighted by Gasteiger charge is -2.33. The number of carbonyl (C=O) groups excluding carboxylic acids is 3. The summed E-state index contributed by atoms with van der Waals surface area (Å²) in [6.07, 6.45) is 2.58. The highest BCUT2D eigenvalue weighted by Gasteiger charge is 2.34. The zero-order valence-electron chi connectivity index (χ0n) is 11.7. The molecule has 0 aromatic carbocycles. The number of hydrogen-bond donors (Lipinski definition) is 0. The van der Waals surface area contributed by atoms with Crippen LogP contribution in [0.1, 0.15) is 19.3 Å². The van der Waals surface area contributed by atoms with Crippen molar-refractivity contribution in [3.05, 3.63) is 38.0 Å². The molecule has 0 heterocycles. The minimum absolute atomic E-state index is 0.335. The van der Waals surface area contributed by atoms with Gasteiger partial charge in [-0.15, -0.1) is 0 Å². The third-order valence-corrected chi connectivity index (χ3v) is 2.93. The molecule has 1 aliphatic carbocycles. The van der Waals surface area contributed by atoms with E-state index in [4.69, 9.17) is 14.2 Å². The lowest BCUT2D eigenvalue weighted by Crippen LogP contribution is -2.39. The molecule has 0 aliphatic heterocycles. The first kappa shape index (κ1) is 16.7. The lowest BCUT2D eigenvalue weighted by molar-refractivity contribution is -0.163. The first-order valence-electron chi connectivity index (χ1n) is 6.47. The van der Waals surface area contributed by atoms with E-state index >= 15 is 0 Å². The van der Waals surface area contributed by atoms with Crippen LogP contribution in [-0.4, -0.2) is 36.2 Å². The normalized spacial score (nSPS) is 24.3. The fourth-order valence-corrected chi connectivity index (χ4v) is 2.09. The number of hydrogen-bond acceptors (Lipinski definition) is 6. The summed E-state index contributed by atoms with van der Waals surface area (Å²) in [6, 6.07) is 0. The molecule has 0 aromatic heterocycles. The molecule has 0 N–H and O–H groups in total. The maximum absolute atomic E-state index is 11.3. The van der Waals surface area contributed by atoms with Gasteiger partial charge in [0.15, 0.2) is 0 Å². The van der Waals surface area contributed by atoms with Crippen LogP contribution in [0.3, 0.4) is 0 Å². The molecule has 0 radical (unpaired) electrons. The average Bonchev–Trinajstić information content (AvgIpc) is 2.46. The van der Waals surface area contributed by atoms with Crippen LogP contribution in [0.5, 0.6) is 0 Å². The largest absolute Gasteiger partial charge is 0.459 e. The Morgan fingerprint density at radius 3 is 1.10 bits per heavy atom. The Balaban J connectivity index is 2.71. The van der Waals surface area contributed by atoms with Crippen LogP contribution in [0, 0.1) is 0 Å². The quantitative estimate of drug-likeness (QED) is 0.419. The van der Waals surface area contributed by atoms with E-state index in [2.05, 4.69) is 19.7 Å². The van der Waals surface area contributed by atoms with E-state index in [0.717, 1.165) is 18.2 Å². The molecule has 0 amide bonds. The fraction of sp³-hybridized carbons (Fsp3) is 0.400. The number of esters is 3. The van der Waals surface area contributed by atoms with Crippen LogP contribution in [0.25, 0.3) is 0 Å². The minimum Gasteiger partial charge on any atom is -0.459 e. The second-order valence-corrected chi connectivity index (χ2v) is 4.50. The van der Waals surface area contributed by atoms with E-state index in [1.807, 2.05) is 0 Å². The van der Waals surface area contributed by atoms with Crippen LogP contribution in [0.4, 0.5) is 0 Å². The van der Waals surface area contributed by atoms with E-state index in [9.17, 15) is 14.4 Å². The highest BCUT2D eigenvalue weighted by Crippen LogP contribution is 2.27. The monoisotopic (exact) mass is 294 g/mol. The Morgan fingerprint density at radius 2 is 0.905 bits per heavy atom. The van der Waals surface area contributed by atoms with Crippen molar-refractivity contribution in [2.75, 3.05) is 0 Å². The summed E-state index contributed by atoms with van der Waals surface area (Å²) in [5.41, 5.74) is 0. The zero-order valence-corrected chi connectivity index (χ0v) is 11.7. The molecule has 0 spiro atoms. The van der Waals surface area contributed by atoms with Crippen LogP contribution < -0.4 is 0 Å². The maximum Gasteiger partial charge on any atom is 0.330 e. The summed E-state index contributed by atoms with van der Waals surface area (Å²) in [7, 11) is 0. The molecule has 0 atom stereocenters. The van der Waals surface area contributed by atoms with Gasteiger partial charge < -0.3 is 14.2 Å². The Morgan fingerprint density at radius 1 is 0.667 bits per heavy atom. The third kappa shape index (κ3) is 5.64. The van der Waals surface area contributed by atoms with Crippen molar-refractivity contribution >= 4 is 17.9 Å². The summed E-state index contributed by atoms with van der Waals surface area (Å²) < 4.78 is 15.4. The molecule has 1 rings (SSSR count). The van der Waals surface area contributed by atoms with Gasteiger partial charge in [-0.3, -0.25) is 0 Å². The molecule has 6 nitrogen and oxygen atoms in total. The van der Waals surface area contributed by atoms with Gasteiger partial charge in [0.1, 0.15) is 18.3 Å². The van der Waals surface area contributed by atoms with Gasteiger partial charge in [0.25, 0.3) is 0 Å². The second kappa shape index (κ2) is 8.04. The summed E-state index contributed by atoms with van der Waals surface area (Å²) in [5.74, 6) is -1.74. The molecule has 0 saturated heterocycles. The molecule has 0 unspecified atom stereocenters. The summed E-state index contributed by atoms with van der Waals surface area (Å²) in [5, 5.41) is 0. The zero-order chi connectivity index (χ0) is 15.8. The van der Waals surface area contributed by atoms with E-state index < -0.39 is 36.2 Å². The predicted octanol–water partition coefficient (Wildman–Crippen LogP) is 1.46. The molecule has 0 bridgehead atoms. The highest BCUT2D eigenvalue weighted by atomic mass is 16.6. The van der Waals surface area contributed by atoms with Crippen molar-refractivity contribution in [3.63, 3.8) is 0 Å². The predicted molar refractivity (Wildman–Crippen MR) is 74.1 cm³/mol. The van der Waals surface area contributed by atoms with Crippen LogP contribution in [-0.2, 0) is 28.6 Å². The third-order valence-electron chi connectivity index (χ3n) is 2.93. The van der Waals surface area contributed by atoms with Gasteiger partial charge >= 0.3 is 17.9 Å². The van der Waals surface area contributed by atoms with Crippen LogP contribution in [0.15, 0.2) is 38.0 Å². The van der Waals surface area contributed by atoms with Gasteiger partial charge in [-0.2, -0.15) is 0 Å². The van der Waals surface area contributed by atoms with Gasteiger partial charge in [-0.1, -0.05) is 19.7 Å². The molecule has 6 heteroatoms. The maximum atomic E-state index is 11.3. The minimum atomic E-state index is -0.579. The van der Waals surface area contributed by atoms with Crippen LogP contribution >= 0.6 is 0 Å². The van der Waals surface area contributed by atoms with Crippen molar-refractivity contribution in [1.82, 2.24) is 0 Å². The summed E-state index contributed by atoms with van der Waals surface area (Å²) in [6.45, 7) is 9.95. The molecule has 1 aliphatic rings. The van der Waals surface area contributed by atoms with Crippen molar-refractivity contribution in [3.8, 4) is 0 Å². The number of ether oxygens (including phenoxy) is 3. The van der Waals surface area contributed by atoms with Gasteiger partial charge in [0.05, 0.1) is 0 Å². The lowest BCUT2D eigenvalue weighted by atomic mass is 9.92. The molecule has 21 heavy (non-hydrogen) atoms. The Kier molecular flexibility index (Phi) is 6.39. The summed E-state index contributed by atoms with van der Waals surface area (Å²) >= 11 is 0. The van der Waals surface area contributed by atoms with E-state index in [-0.39, 0.29) is 0 Å². The fourth-order valence-electron chi connectivity index (χ4n) is 2.09. The van der Waals surface area contributed by atoms with Gasteiger partial charge in [-0.05, 0) is 0 Å². The molecule has 1 saturated carbocycles. The SMILES string of the molecule is C=CC(=O)OC1CC(OC(=O)C=C)CC(OC(=O)C=C)C1. The average molecular weight is 294 g/mol. The van der Waals surface area contributed by atoms with Gasteiger partial charge in [0, 0.05) is 37.5 Å². The smallest absolute Gasteiger partial charge is 0.330 e. The Hall–Kier alpha value is -2.37. The van der Waals surface area contributed by atoms with Crippen molar-refractivity contribution < 1.29 is 28.6 Å². The highest BCUT2D eigenvalue weighted by molar-refractivity contribution is 5.82.